The summed E-state index contributed by atoms with van der Waals surface area (Å²) >= 11 is 6.13. The molecular weight excluding hydrogens is 265 g/mol. The largest absolute Gasteiger partial charge is 0.452 e. The van der Waals surface area contributed by atoms with Gasteiger partial charge in [0.15, 0.2) is 17.3 Å². The third-order valence-electron chi connectivity index (χ3n) is 2.71. The first-order valence-corrected chi connectivity index (χ1v) is 6.35. The topological polar surface area (TPSA) is 21.3 Å². The van der Waals surface area contributed by atoms with Gasteiger partial charge in [0.2, 0.25) is 0 Å². The summed E-state index contributed by atoms with van der Waals surface area (Å²) in [7, 11) is 1.83. The Morgan fingerprint density at radius 1 is 1.26 bits per heavy atom. The number of nitrogens with one attached hydrogen (secondary N) is 1. The molecule has 0 aliphatic rings. The van der Waals surface area contributed by atoms with Gasteiger partial charge in [-0.25, -0.2) is 4.39 Å². The molecule has 0 aliphatic carbocycles. The molecule has 0 atom stereocenters. The second-order valence-electron chi connectivity index (χ2n) is 4.29. The van der Waals surface area contributed by atoms with E-state index in [0.717, 1.165) is 11.1 Å². The van der Waals surface area contributed by atoms with Gasteiger partial charge in [-0.2, -0.15) is 0 Å². The van der Waals surface area contributed by atoms with E-state index in [2.05, 4.69) is 5.32 Å². The normalized spacial score (nSPS) is 10.5. The van der Waals surface area contributed by atoms with Crippen LogP contribution in [-0.2, 0) is 6.54 Å². The van der Waals surface area contributed by atoms with Gasteiger partial charge >= 0.3 is 0 Å². The van der Waals surface area contributed by atoms with Gasteiger partial charge in [0.1, 0.15) is 0 Å². The van der Waals surface area contributed by atoms with Crippen molar-refractivity contribution in [3.63, 3.8) is 0 Å². The first-order valence-electron chi connectivity index (χ1n) is 5.98. The monoisotopic (exact) mass is 279 g/mol. The smallest absolute Gasteiger partial charge is 0.165 e. The number of hydrogen-bond donors (Lipinski definition) is 1. The number of aryl methyl sites for hydroxylation is 1. The molecule has 1 N–H and O–H groups in total. The molecule has 0 amide bonds. The summed E-state index contributed by atoms with van der Waals surface area (Å²) in [5.74, 6) is 0.273. The highest BCUT2D eigenvalue weighted by molar-refractivity contribution is 6.32. The molecule has 2 aromatic rings. The van der Waals surface area contributed by atoms with Gasteiger partial charge in [0.25, 0.3) is 0 Å². The maximum absolute atomic E-state index is 13.7. The van der Waals surface area contributed by atoms with Crippen molar-refractivity contribution in [2.75, 3.05) is 7.05 Å². The maximum atomic E-state index is 13.7. The molecule has 0 unspecified atom stereocenters. The second-order valence-corrected chi connectivity index (χ2v) is 4.70. The van der Waals surface area contributed by atoms with Crippen molar-refractivity contribution in [2.24, 2.45) is 0 Å². The number of hydrogen-bond acceptors (Lipinski definition) is 2. The summed E-state index contributed by atoms with van der Waals surface area (Å²) in [6.45, 7) is 2.48. The van der Waals surface area contributed by atoms with Crippen molar-refractivity contribution in [1.82, 2.24) is 5.32 Å². The molecule has 19 heavy (non-hydrogen) atoms. The van der Waals surface area contributed by atoms with Gasteiger partial charge in [0, 0.05) is 12.1 Å². The zero-order chi connectivity index (χ0) is 13.8. The number of rotatable bonds is 4. The molecule has 0 bridgehead atoms. The molecule has 0 radical (unpaired) electrons. The molecule has 0 aliphatic heterocycles. The predicted octanol–water partition coefficient (Wildman–Crippen LogP) is 4.30. The highest BCUT2D eigenvalue weighted by Crippen LogP contribution is 2.34. The quantitative estimate of drug-likeness (QED) is 0.901. The van der Waals surface area contributed by atoms with Gasteiger partial charge in [-0.05, 0) is 37.7 Å². The fraction of sp³-hybridized carbons (Fsp3) is 0.200. The molecule has 0 heterocycles. The van der Waals surface area contributed by atoms with Crippen LogP contribution in [0.2, 0.25) is 5.02 Å². The van der Waals surface area contributed by atoms with Crippen molar-refractivity contribution in [3.05, 3.63) is 58.4 Å². The van der Waals surface area contributed by atoms with Gasteiger partial charge in [-0.15, -0.1) is 0 Å². The molecule has 100 valence electrons. The predicted molar refractivity (Wildman–Crippen MR) is 75.4 cm³/mol. The summed E-state index contributed by atoms with van der Waals surface area (Å²) in [6, 6.07) is 10.2. The summed E-state index contributed by atoms with van der Waals surface area (Å²) in [5, 5.41) is 3.50. The lowest BCUT2D eigenvalue weighted by Gasteiger charge is -2.13. The highest BCUT2D eigenvalue weighted by Gasteiger charge is 2.12. The zero-order valence-electron chi connectivity index (χ0n) is 10.8. The number of halogens is 2. The Labute approximate surface area is 117 Å². The molecular formula is C15H15ClFNO. The van der Waals surface area contributed by atoms with E-state index in [4.69, 9.17) is 16.3 Å². The number of benzene rings is 2. The zero-order valence-corrected chi connectivity index (χ0v) is 11.6. The standard InChI is InChI=1S/C15H15ClFNO/c1-10-6-7-13(17)14(8-10)19-15-11(9-18-2)4-3-5-12(15)16/h3-8,18H,9H2,1-2H3. The SMILES string of the molecule is CNCc1cccc(Cl)c1Oc1cc(C)ccc1F. The minimum Gasteiger partial charge on any atom is -0.452 e. The van der Waals surface area contributed by atoms with Crippen molar-refractivity contribution < 1.29 is 9.13 Å². The van der Waals surface area contributed by atoms with E-state index >= 15 is 0 Å². The summed E-state index contributed by atoms with van der Waals surface area (Å²) < 4.78 is 19.4. The van der Waals surface area contributed by atoms with Crippen molar-refractivity contribution in [1.29, 1.82) is 0 Å². The van der Waals surface area contributed by atoms with E-state index in [1.807, 2.05) is 26.1 Å². The molecule has 2 nitrogen and oxygen atoms in total. The van der Waals surface area contributed by atoms with Gasteiger partial charge in [-0.3, -0.25) is 0 Å². The third-order valence-corrected chi connectivity index (χ3v) is 3.01. The minimum absolute atomic E-state index is 0.186. The van der Waals surface area contributed by atoms with Crippen LogP contribution >= 0.6 is 11.6 Å². The van der Waals surface area contributed by atoms with E-state index in [1.54, 1.807) is 18.2 Å². The lowest BCUT2D eigenvalue weighted by atomic mass is 10.2. The number of para-hydroxylation sites is 1. The Morgan fingerprint density at radius 3 is 2.79 bits per heavy atom. The maximum Gasteiger partial charge on any atom is 0.165 e. The fourth-order valence-electron chi connectivity index (χ4n) is 1.80. The molecule has 0 spiro atoms. The lowest BCUT2D eigenvalue weighted by molar-refractivity contribution is 0.436. The summed E-state index contributed by atoms with van der Waals surface area (Å²) in [5.41, 5.74) is 1.81. The first kappa shape index (κ1) is 13.8. The average molecular weight is 280 g/mol. The fourth-order valence-corrected chi connectivity index (χ4v) is 2.03. The van der Waals surface area contributed by atoms with Gasteiger partial charge < -0.3 is 10.1 Å². The summed E-state index contributed by atoms with van der Waals surface area (Å²) in [4.78, 5) is 0. The van der Waals surface area contributed by atoms with Crippen LogP contribution in [0.15, 0.2) is 36.4 Å². The molecule has 4 heteroatoms. The van der Waals surface area contributed by atoms with Crippen LogP contribution in [0.25, 0.3) is 0 Å². The van der Waals surface area contributed by atoms with Crippen molar-refractivity contribution >= 4 is 11.6 Å². The molecule has 2 rings (SSSR count). The average Bonchev–Trinajstić information content (AvgIpc) is 2.38. The van der Waals surface area contributed by atoms with Gasteiger partial charge in [-0.1, -0.05) is 29.8 Å². The molecule has 2 aromatic carbocycles. The van der Waals surface area contributed by atoms with Crippen LogP contribution in [0.5, 0.6) is 11.5 Å². The molecule has 0 fully saturated rings. The van der Waals surface area contributed by atoms with Crippen LogP contribution in [-0.4, -0.2) is 7.05 Å². The van der Waals surface area contributed by atoms with E-state index in [0.29, 0.717) is 17.3 Å². The van der Waals surface area contributed by atoms with Crippen molar-refractivity contribution in [2.45, 2.75) is 13.5 Å². The van der Waals surface area contributed by atoms with Crippen LogP contribution in [0, 0.1) is 12.7 Å². The van der Waals surface area contributed by atoms with E-state index in [-0.39, 0.29) is 5.75 Å². The highest BCUT2D eigenvalue weighted by atomic mass is 35.5. The van der Waals surface area contributed by atoms with Crippen LogP contribution < -0.4 is 10.1 Å². The number of ether oxygens (including phenoxy) is 1. The molecule has 0 saturated heterocycles. The minimum atomic E-state index is -0.402. The van der Waals surface area contributed by atoms with Crippen molar-refractivity contribution in [3.8, 4) is 11.5 Å². The Hall–Kier alpha value is -1.58. The Balaban J connectivity index is 2.39. The third kappa shape index (κ3) is 3.25. The Kier molecular flexibility index (Phi) is 4.40. The molecule has 0 saturated carbocycles. The molecule has 0 aromatic heterocycles. The summed E-state index contributed by atoms with van der Waals surface area (Å²) in [6.07, 6.45) is 0. The lowest BCUT2D eigenvalue weighted by Crippen LogP contribution is -2.06. The van der Waals surface area contributed by atoms with E-state index in [9.17, 15) is 4.39 Å². The van der Waals surface area contributed by atoms with Crippen LogP contribution in [0.1, 0.15) is 11.1 Å². The first-order chi connectivity index (χ1) is 9.11. The second kappa shape index (κ2) is 6.04. The Morgan fingerprint density at radius 2 is 2.05 bits per heavy atom. The van der Waals surface area contributed by atoms with Crippen LogP contribution in [0.3, 0.4) is 0 Å². The van der Waals surface area contributed by atoms with Crippen LogP contribution in [0.4, 0.5) is 4.39 Å². The van der Waals surface area contributed by atoms with Gasteiger partial charge in [0.05, 0.1) is 5.02 Å². The Bertz CT molecular complexity index is 586. The van der Waals surface area contributed by atoms with E-state index < -0.39 is 5.82 Å². The van der Waals surface area contributed by atoms with E-state index in [1.165, 1.54) is 6.07 Å².